The third kappa shape index (κ3) is 3.08. The number of likely N-dealkylation sites (tertiary alicyclic amines) is 1. The van der Waals surface area contributed by atoms with Crippen LogP contribution in [0.3, 0.4) is 0 Å². The fourth-order valence-electron chi connectivity index (χ4n) is 3.03. The van der Waals surface area contributed by atoms with Gasteiger partial charge >= 0.3 is 0 Å². The lowest BCUT2D eigenvalue weighted by Crippen LogP contribution is -2.34. The first-order valence-electron chi connectivity index (χ1n) is 7.76. The van der Waals surface area contributed by atoms with Crippen molar-refractivity contribution in [3.8, 4) is 5.75 Å². The lowest BCUT2D eigenvalue weighted by atomic mass is 10.1. The molecule has 1 saturated heterocycles. The molecule has 0 unspecified atom stereocenters. The van der Waals surface area contributed by atoms with Crippen molar-refractivity contribution in [3.63, 3.8) is 0 Å². The molecule has 1 aromatic rings. The molecule has 5 heteroatoms. The van der Waals surface area contributed by atoms with E-state index in [1.807, 2.05) is 29.2 Å². The van der Waals surface area contributed by atoms with E-state index in [1.54, 1.807) is 19.1 Å². The van der Waals surface area contributed by atoms with Crippen molar-refractivity contribution in [1.82, 2.24) is 9.80 Å². The van der Waals surface area contributed by atoms with E-state index in [2.05, 4.69) is 0 Å². The van der Waals surface area contributed by atoms with Crippen LogP contribution in [0.15, 0.2) is 24.3 Å². The lowest BCUT2D eigenvalue weighted by molar-refractivity contribution is -0.135. The Balaban J connectivity index is 1.58. The van der Waals surface area contributed by atoms with Crippen LogP contribution in [-0.2, 0) is 16.1 Å². The van der Waals surface area contributed by atoms with Gasteiger partial charge in [0.05, 0.1) is 13.0 Å². The maximum atomic E-state index is 12.5. The van der Waals surface area contributed by atoms with Gasteiger partial charge in [0.15, 0.2) is 0 Å². The van der Waals surface area contributed by atoms with E-state index in [4.69, 9.17) is 4.74 Å². The summed E-state index contributed by atoms with van der Waals surface area (Å²) >= 11 is 0. The first kappa shape index (κ1) is 14.9. The Morgan fingerprint density at radius 1 is 1.32 bits per heavy atom. The predicted octanol–water partition coefficient (Wildman–Crippen LogP) is 1.66. The average Bonchev–Trinajstić information content (AvgIpc) is 3.29. The van der Waals surface area contributed by atoms with Crippen molar-refractivity contribution in [1.29, 1.82) is 0 Å². The number of carbonyl (C=O) groups is 2. The average molecular weight is 302 g/mol. The Bertz CT molecular complexity index is 566. The topological polar surface area (TPSA) is 49.9 Å². The Labute approximate surface area is 130 Å². The molecule has 2 aliphatic rings. The second-order valence-electron chi connectivity index (χ2n) is 6.22. The van der Waals surface area contributed by atoms with Crippen molar-refractivity contribution in [3.05, 3.63) is 29.8 Å². The summed E-state index contributed by atoms with van der Waals surface area (Å²) in [7, 11) is 3.43. The number of carbonyl (C=O) groups excluding carboxylic acids is 2. The summed E-state index contributed by atoms with van der Waals surface area (Å²) in [5.74, 6) is 0.821. The molecule has 1 aromatic carbocycles. The normalized spacial score (nSPS) is 21.1. The number of amides is 2. The van der Waals surface area contributed by atoms with E-state index in [1.165, 1.54) is 0 Å². The third-order valence-corrected chi connectivity index (χ3v) is 4.45. The molecule has 5 nitrogen and oxygen atoms in total. The van der Waals surface area contributed by atoms with Crippen molar-refractivity contribution in [2.75, 3.05) is 20.7 Å². The molecule has 0 N–H and O–H groups in total. The fraction of sp³-hybridized carbons (Fsp3) is 0.529. The number of methoxy groups -OCH3 is 1. The highest BCUT2D eigenvalue weighted by Crippen LogP contribution is 2.33. The Kier molecular flexibility index (Phi) is 4.05. The second-order valence-corrected chi connectivity index (χ2v) is 6.22. The number of benzene rings is 1. The molecule has 1 saturated carbocycles. The predicted molar refractivity (Wildman–Crippen MR) is 82.3 cm³/mol. The molecule has 1 aliphatic carbocycles. The minimum absolute atomic E-state index is 0.0623. The smallest absolute Gasteiger partial charge is 0.228 e. The van der Waals surface area contributed by atoms with Crippen LogP contribution in [0.2, 0.25) is 0 Å². The van der Waals surface area contributed by atoms with Gasteiger partial charge in [0, 0.05) is 32.6 Å². The van der Waals surface area contributed by atoms with Gasteiger partial charge in [0.25, 0.3) is 0 Å². The van der Waals surface area contributed by atoms with Crippen LogP contribution < -0.4 is 4.74 Å². The highest BCUT2D eigenvalue weighted by atomic mass is 16.5. The molecule has 2 amide bonds. The molecular formula is C17H22N2O3. The van der Waals surface area contributed by atoms with E-state index in [-0.39, 0.29) is 17.7 Å². The quantitative estimate of drug-likeness (QED) is 0.831. The van der Waals surface area contributed by atoms with Gasteiger partial charge in [-0.15, -0.1) is 0 Å². The first-order valence-corrected chi connectivity index (χ1v) is 7.76. The van der Waals surface area contributed by atoms with Gasteiger partial charge < -0.3 is 14.5 Å². The van der Waals surface area contributed by atoms with Gasteiger partial charge in [-0.05, 0) is 30.5 Å². The molecule has 1 heterocycles. The van der Waals surface area contributed by atoms with Gasteiger partial charge in [0.1, 0.15) is 5.75 Å². The molecule has 0 aromatic heterocycles. The van der Waals surface area contributed by atoms with Crippen molar-refractivity contribution >= 4 is 11.8 Å². The van der Waals surface area contributed by atoms with Crippen molar-refractivity contribution in [2.24, 2.45) is 5.92 Å². The van der Waals surface area contributed by atoms with E-state index >= 15 is 0 Å². The standard InChI is InChI=1S/C17H22N2O3/c1-18(10-12-3-7-15(22-2)8-4-12)17(21)13-9-16(20)19(11-13)14-5-6-14/h3-4,7-8,13-14H,5-6,9-11H2,1-2H3/t13-/m1/s1. The van der Waals surface area contributed by atoms with Crippen molar-refractivity contribution in [2.45, 2.75) is 31.8 Å². The number of hydrogen-bond donors (Lipinski definition) is 0. The molecule has 118 valence electrons. The largest absolute Gasteiger partial charge is 0.497 e. The molecule has 3 rings (SSSR count). The summed E-state index contributed by atoms with van der Waals surface area (Å²) in [5.41, 5.74) is 1.06. The van der Waals surface area contributed by atoms with Gasteiger partial charge in [-0.2, -0.15) is 0 Å². The molecule has 22 heavy (non-hydrogen) atoms. The van der Waals surface area contributed by atoms with Gasteiger partial charge in [-0.1, -0.05) is 12.1 Å². The first-order chi connectivity index (χ1) is 10.6. The molecular weight excluding hydrogens is 280 g/mol. The molecule has 2 fully saturated rings. The van der Waals surface area contributed by atoms with Gasteiger partial charge in [0.2, 0.25) is 11.8 Å². The molecule has 1 atom stereocenters. The van der Waals surface area contributed by atoms with Crippen LogP contribution in [0.1, 0.15) is 24.8 Å². The van der Waals surface area contributed by atoms with E-state index in [0.717, 1.165) is 24.2 Å². The molecule has 1 aliphatic heterocycles. The summed E-state index contributed by atoms with van der Waals surface area (Å²) in [6.45, 7) is 1.15. The third-order valence-electron chi connectivity index (χ3n) is 4.45. The van der Waals surface area contributed by atoms with Crippen LogP contribution in [0, 0.1) is 5.92 Å². The Morgan fingerprint density at radius 3 is 2.59 bits per heavy atom. The molecule has 0 spiro atoms. The zero-order valence-electron chi connectivity index (χ0n) is 13.1. The summed E-state index contributed by atoms with van der Waals surface area (Å²) in [6, 6.07) is 8.10. The van der Waals surface area contributed by atoms with Gasteiger partial charge in [-0.25, -0.2) is 0 Å². The minimum atomic E-state index is -0.184. The number of hydrogen-bond acceptors (Lipinski definition) is 3. The van der Waals surface area contributed by atoms with E-state index < -0.39 is 0 Å². The zero-order valence-corrected chi connectivity index (χ0v) is 13.1. The van der Waals surface area contributed by atoms with Crippen molar-refractivity contribution < 1.29 is 14.3 Å². The number of ether oxygens (including phenoxy) is 1. The SMILES string of the molecule is COc1ccc(CN(C)C(=O)[C@@H]2CC(=O)N(C3CC3)C2)cc1. The maximum absolute atomic E-state index is 12.5. The fourth-order valence-corrected chi connectivity index (χ4v) is 3.03. The Hall–Kier alpha value is -2.04. The second kappa shape index (κ2) is 5.99. The Morgan fingerprint density at radius 2 is 2.00 bits per heavy atom. The lowest BCUT2D eigenvalue weighted by Gasteiger charge is -2.21. The van der Waals surface area contributed by atoms with Crippen LogP contribution >= 0.6 is 0 Å². The summed E-state index contributed by atoms with van der Waals surface area (Å²) < 4.78 is 5.13. The highest BCUT2D eigenvalue weighted by Gasteiger charge is 2.42. The highest BCUT2D eigenvalue weighted by molar-refractivity contribution is 5.89. The molecule has 0 bridgehead atoms. The van der Waals surface area contributed by atoms with E-state index in [0.29, 0.717) is 25.6 Å². The monoisotopic (exact) mass is 302 g/mol. The number of rotatable bonds is 5. The summed E-state index contributed by atoms with van der Waals surface area (Å²) in [4.78, 5) is 28.1. The molecule has 0 radical (unpaired) electrons. The van der Waals surface area contributed by atoms with Crippen LogP contribution in [0.25, 0.3) is 0 Å². The van der Waals surface area contributed by atoms with Crippen LogP contribution in [0.4, 0.5) is 0 Å². The van der Waals surface area contributed by atoms with E-state index in [9.17, 15) is 9.59 Å². The van der Waals surface area contributed by atoms with Gasteiger partial charge in [-0.3, -0.25) is 9.59 Å². The maximum Gasteiger partial charge on any atom is 0.228 e. The summed E-state index contributed by atoms with van der Waals surface area (Å²) in [6.07, 6.45) is 2.55. The van der Waals surface area contributed by atoms with Crippen LogP contribution in [0.5, 0.6) is 5.75 Å². The zero-order chi connectivity index (χ0) is 15.7. The minimum Gasteiger partial charge on any atom is -0.497 e. The summed E-state index contributed by atoms with van der Waals surface area (Å²) in [5, 5.41) is 0. The van der Waals surface area contributed by atoms with Crippen LogP contribution in [-0.4, -0.2) is 48.4 Å². The number of nitrogens with zero attached hydrogens (tertiary/aromatic N) is 2.